The minimum atomic E-state index is 0.455. The number of hydrogen-bond acceptors (Lipinski definition) is 0. The van der Waals surface area contributed by atoms with Gasteiger partial charge in [-0.3, -0.25) is 0 Å². The van der Waals surface area contributed by atoms with Crippen molar-refractivity contribution >= 4 is 0 Å². The Kier molecular flexibility index (Phi) is 2.53. The van der Waals surface area contributed by atoms with Crippen LogP contribution in [0.15, 0.2) is 23.8 Å². The standard InChI is InChI=1S/C11H18/c1-11(2,3)9-10-7-5-4-6-8-10/h4-5,7H,6,8-9H2,1-3H3. The van der Waals surface area contributed by atoms with Crippen molar-refractivity contribution in [3.8, 4) is 0 Å². The fourth-order valence-electron chi connectivity index (χ4n) is 1.48. The molecule has 62 valence electrons. The van der Waals surface area contributed by atoms with Crippen molar-refractivity contribution in [1.82, 2.24) is 0 Å². The highest BCUT2D eigenvalue weighted by Crippen LogP contribution is 2.27. The van der Waals surface area contributed by atoms with Gasteiger partial charge in [0.05, 0.1) is 0 Å². The highest BCUT2D eigenvalue weighted by atomic mass is 14.2. The van der Waals surface area contributed by atoms with Gasteiger partial charge in [-0.05, 0) is 24.7 Å². The van der Waals surface area contributed by atoms with Crippen LogP contribution in [0.3, 0.4) is 0 Å². The molecule has 0 atom stereocenters. The van der Waals surface area contributed by atoms with Crippen LogP contribution in [0.5, 0.6) is 0 Å². The van der Waals surface area contributed by atoms with Crippen LogP contribution in [-0.4, -0.2) is 0 Å². The smallest absolute Gasteiger partial charge is 0.0268 e. The van der Waals surface area contributed by atoms with Gasteiger partial charge in [-0.15, -0.1) is 0 Å². The van der Waals surface area contributed by atoms with Crippen LogP contribution in [0, 0.1) is 5.41 Å². The molecule has 0 N–H and O–H groups in total. The summed E-state index contributed by atoms with van der Waals surface area (Å²) >= 11 is 0. The van der Waals surface area contributed by atoms with Gasteiger partial charge in [0, 0.05) is 0 Å². The van der Waals surface area contributed by atoms with E-state index in [1.54, 1.807) is 5.57 Å². The summed E-state index contributed by atoms with van der Waals surface area (Å²) in [6.07, 6.45) is 10.5. The summed E-state index contributed by atoms with van der Waals surface area (Å²) in [7, 11) is 0. The lowest BCUT2D eigenvalue weighted by Crippen LogP contribution is -2.06. The quantitative estimate of drug-likeness (QED) is 0.534. The normalized spacial score (nSPS) is 18.3. The zero-order chi connectivity index (χ0) is 8.32. The van der Waals surface area contributed by atoms with Crippen LogP contribution < -0.4 is 0 Å². The molecule has 0 fully saturated rings. The molecule has 0 aromatic heterocycles. The van der Waals surface area contributed by atoms with Crippen LogP contribution in [0.4, 0.5) is 0 Å². The van der Waals surface area contributed by atoms with E-state index in [0.29, 0.717) is 5.41 Å². The Labute approximate surface area is 70.0 Å². The predicted octanol–water partition coefficient (Wildman–Crippen LogP) is 3.70. The number of hydrogen-bond donors (Lipinski definition) is 0. The summed E-state index contributed by atoms with van der Waals surface area (Å²) in [6, 6.07) is 0. The van der Waals surface area contributed by atoms with E-state index in [9.17, 15) is 0 Å². The molecular formula is C11H18. The van der Waals surface area contributed by atoms with Crippen molar-refractivity contribution in [3.63, 3.8) is 0 Å². The Morgan fingerprint density at radius 1 is 1.36 bits per heavy atom. The molecule has 0 heteroatoms. The Hall–Kier alpha value is -0.520. The van der Waals surface area contributed by atoms with Gasteiger partial charge >= 0.3 is 0 Å². The maximum Gasteiger partial charge on any atom is -0.0268 e. The van der Waals surface area contributed by atoms with Crippen LogP contribution in [0.2, 0.25) is 0 Å². The maximum absolute atomic E-state index is 2.30. The Balaban J connectivity index is 2.49. The summed E-state index contributed by atoms with van der Waals surface area (Å²) < 4.78 is 0. The van der Waals surface area contributed by atoms with Crippen molar-refractivity contribution in [2.24, 2.45) is 5.41 Å². The first kappa shape index (κ1) is 8.58. The molecule has 0 radical (unpaired) electrons. The first-order valence-corrected chi connectivity index (χ1v) is 4.42. The Morgan fingerprint density at radius 3 is 2.55 bits per heavy atom. The summed E-state index contributed by atoms with van der Waals surface area (Å²) in [5.41, 5.74) is 2.07. The molecule has 0 amide bonds. The fourth-order valence-corrected chi connectivity index (χ4v) is 1.48. The largest absolute Gasteiger partial charge is 0.0842 e. The highest BCUT2D eigenvalue weighted by Gasteiger charge is 2.12. The SMILES string of the molecule is CC(C)(C)CC1=CC=CCC1. The molecule has 0 aliphatic heterocycles. The summed E-state index contributed by atoms with van der Waals surface area (Å²) in [4.78, 5) is 0. The second kappa shape index (κ2) is 3.25. The van der Waals surface area contributed by atoms with Crippen LogP contribution in [-0.2, 0) is 0 Å². The molecule has 0 saturated carbocycles. The molecule has 0 nitrogen and oxygen atoms in total. The highest BCUT2D eigenvalue weighted by molar-refractivity contribution is 5.18. The first-order valence-electron chi connectivity index (χ1n) is 4.42. The molecule has 0 bridgehead atoms. The molecule has 1 aliphatic carbocycles. The van der Waals surface area contributed by atoms with Crippen molar-refractivity contribution in [2.45, 2.75) is 40.0 Å². The van der Waals surface area contributed by atoms with Gasteiger partial charge in [-0.25, -0.2) is 0 Å². The summed E-state index contributed by atoms with van der Waals surface area (Å²) in [6.45, 7) is 6.89. The molecular weight excluding hydrogens is 132 g/mol. The van der Waals surface area contributed by atoms with E-state index in [4.69, 9.17) is 0 Å². The molecule has 0 saturated heterocycles. The van der Waals surface area contributed by atoms with E-state index in [1.165, 1.54) is 19.3 Å². The molecule has 0 unspecified atom stereocenters. The van der Waals surface area contributed by atoms with Crippen molar-refractivity contribution in [2.75, 3.05) is 0 Å². The maximum atomic E-state index is 2.30. The minimum Gasteiger partial charge on any atom is -0.0842 e. The van der Waals surface area contributed by atoms with E-state index >= 15 is 0 Å². The van der Waals surface area contributed by atoms with Crippen LogP contribution in [0.1, 0.15) is 40.0 Å². The van der Waals surface area contributed by atoms with Crippen LogP contribution >= 0.6 is 0 Å². The molecule has 1 aliphatic rings. The van der Waals surface area contributed by atoms with Crippen molar-refractivity contribution < 1.29 is 0 Å². The number of allylic oxidation sites excluding steroid dienone is 4. The fraction of sp³-hybridized carbons (Fsp3) is 0.636. The lowest BCUT2D eigenvalue weighted by atomic mass is 9.85. The van der Waals surface area contributed by atoms with Gasteiger partial charge in [0.2, 0.25) is 0 Å². The van der Waals surface area contributed by atoms with E-state index in [2.05, 4.69) is 39.0 Å². The third kappa shape index (κ3) is 3.41. The van der Waals surface area contributed by atoms with Crippen LogP contribution in [0.25, 0.3) is 0 Å². The first-order chi connectivity index (χ1) is 5.08. The third-order valence-corrected chi connectivity index (χ3v) is 1.86. The third-order valence-electron chi connectivity index (χ3n) is 1.86. The van der Waals surface area contributed by atoms with Crippen molar-refractivity contribution in [3.05, 3.63) is 23.8 Å². The minimum absolute atomic E-state index is 0.455. The van der Waals surface area contributed by atoms with Gasteiger partial charge in [-0.1, -0.05) is 44.6 Å². The average molecular weight is 150 g/mol. The van der Waals surface area contributed by atoms with Gasteiger partial charge < -0.3 is 0 Å². The topological polar surface area (TPSA) is 0 Å². The van der Waals surface area contributed by atoms with E-state index in [0.717, 1.165) is 0 Å². The Morgan fingerprint density at radius 2 is 2.09 bits per heavy atom. The summed E-state index contributed by atoms with van der Waals surface area (Å²) in [5, 5.41) is 0. The van der Waals surface area contributed by atoms with E-state index in [1.807, 2.05) is 0 Å². The lowest BCUT2D eigenvalue weighted by Gasteiger charge is -2.21. The average Bonchev–Trinajstić information content (AvgIpc) is 1.85. The zero-order valence-corrected chi connectivity index (χ0v) is 7.85. The predicted molar refractivity (Wildman–Crippen MR) is 50.5 cm³/mol. The molecule has 0 spiro atoms. The van der Waals surface area contributed by atoms with Gasteiger partial charge in [0.25, 0.3) is 0 Å². The number of rotatable bonds is 1. The van der Waals surface area contributed by atoms with Gasteiger partial charge in [-0.2, -0.15) is 0 Å². The Bertz CT molecular complexity index is 177. The van der Waals surface area contributed by atoms with E-state index in [-0.39, 0.29) is 0 Å². The van der Waals surface area contributed by atoms with E-state index < -0.39 is 0 Å². The molecule has 0 heterocycles. The molecule has 1 rings (SSSR count). The van der Waals surface area contributed by atoms with Gasteiger partial charge in [0.15, 0.2) is 0 Å². The lowest BCUT2D eigenvalue weighted by molar-refractivity contribution is 0.404. The van der Waals surface area contributed by atoms with Crippen molar-refractivity contribution in [1.29, 1.82) is 0 Å². The molecule has 0 aromatic rings. The monoisotopic (exact) mass is 150 g/mol. The summed E-state index contributed by atoms with van der Waals surface area (Å²) in [5.74, 6) is 0. The second-order valence-corrected chi connectivity index (χ2v) is 4.53. The second-order valence-electron chi connectivity index (χ2n) is 4.53. The zero-order valence-electron chi connectivity index (χ0n) is 7.85. The molecule has 0 aromatic carbocycles. The molecule has 11 heavy (non-hydrogen) atoms. The van der Waals surface area contributed by atoms with Gasteiger partial charge in [0.1, 0.15) is 0 Å².